The minimum atomic E-state index is -1.08. The van der Waals surface area contributed by atoms with Crippen molar-refractivity contribution >= 4 is 23.6 Å². The third kappa shape index (κ3) is 9.23. The number of phenols is 1. The third-order valence-corrected chi connectivity index (χ3v) is 6.67. The first kappa shape index (κ1) is 33.0. The zero-order chi connectivity index (χ0) is 31.9. The fraction of sp³-hybridized carbons (Fsp3) is 0.382. The number of aromatic hydroxyl groups is 1. The van der Waals surface area contributed by atoms with Crippen LogP contribution in [0.1, 0.15) is 64.3 Å². The van der Waals surface area contributed by atoms with Crippen LogP contribution in [0.3, 0.4) is 0 Å². The lowest BCUT2D eigenvalue weighted by Gasteiger charge is -2.43. The number of nitrogens with one attached hydrogen (secondary N) is 2. The van der Waals surface area contributed by atoms with Crippen LogP contribution in [0.4, 0.5) is 10.5 Å². The van der Waals surface area contributed by atoms with Gasteiger partial charge in [0.05, 0.1) is 7.11 Å². The van der Waals surface area contributed by atoms with Crippen molar-refractivity contribution in [2.75, 3.05) is 12.4 Å². The van der Waals surface area contributed by atoms with E-state index in [0.29, 0.717) is 22.6 Å². The summed E-state index contributed by atoms with van der Waals surface area (Å²) >= 11 is 0. The van der Waals surface area contributed by atoms with Crippen molar-refractivity contribution in [3.8, 4) is 11.5 Å². The largest absolute Gasteiger partial charge is 0.508 e. The first-order valence-electron chi connectivity index (χ1n) is 14.2. The minimum Gasteiger partial charge on any atom is -0.508 e. The molecule has 9 heteroatoms. The number of anilines is 1. The van der Waals surface area contributed by atoms with E-state index in [4.69, 9.17) is 9.47 Å². The standard InChI is InChI=1S/C34H43N3O6/c1-22-11-9-10-12-27(22)29(30(39)35-24-15-19-26(42-8)20-16-24)37(33(2,3)4)31(40)28(36-32(41)43-34(5,6)7)21-23-13-17-25(38)18-14-23/h9-20,28-29,38H,21H2,1-8H3,(H,35,39)(H,36,41). The van der Waals surface area contributed by atoms with E-state index in [2.05, 4.69) is 10.6 Å². The maximum Gasteiger partial charge on any atom is 0.408 e. The molecule has 0 saturated carbocycles. The average molecular weight is 590 g/mol. The van der Waals surface area contributed by atoms with Crippen LogP contribution in [0.15, 0.2) is 72.8 Å². The van der Waals surface area contributed by atoms with Gasteiger partial charge in [0.1, 0.15) is 29.2 Å². The Morgan fingerprint density at radius 3 is 2.02 bits per heavy atom. The van der Waals surface area contributed by atoms with Gasteiger partial charge in [-0.2, -0.15) is 0 Å². The van der Waals surface area contributed by atoms with Gasteiger partial charge < -0.3 is 30.1 Å². The number of hydrogen-bond donors (Lipinski definition) is 3. The summed E-state index contributed by atoms with van der Waals surface area (Å²) < 4.78 is 10.7. The summed E-state index contributed by atoms with van der Waals surface area (Å²) in [7, 11) is 1.56. The molecule has 3 rings (SSSR count). The molecule has 3 aromatic rings. The molecule has 0 bridgehead atoms. The van der Waals surface area contributed by atoms with Crippen molar-refractivity contribution in [2.45, 2.75) is 78.1 Å². The van der Waals surface area contributed by atoms with Gasteiger partial charge in [0, 0.05) is 17.6 Å². The number of aryl methyl sites for hydroxylation is 1. The van der Waals surface area contributed by atoms with Gasteiger partial charge in [-0.25, -0.2) is 4.79 Å². The van der Waals surface area contributed by atoms with E-state index >= 15 is 0 Å². The molecule has 0 radical (unpaired) electrons. The van der Waals surface area contributed by atoms with Gasteiger partial charge in [0.2, 0.25) is 5.91 Å². The predicted octanol–water partition coefficient (Wildman–Crippen LogP) is 6.15. The van der Waals surface area contributed by atoms with Crippen LogP contribution >= 0.6 is 0 Å². The molecular formula is C34H43N3O6. The van der Waals surface area contributed by atoms with Gasteiger partial charge >= 0.3 is 6.09 Å². The highest BCUT2D eigenvalue weighted by molar-refractivity contribution is 5.99. The van der Waals surface area contributed by atoms with E-state index in [1.807, 2.05) is 52.0 Å². The SMILES string of the molecule is COc1ccc(NC(=O)C(c2ccccc2C)N(C(=O)C(Cc2ccc(O)cc2)NC(=O)OC(C)(C)C)C(C)(C)C)cc1. The number of phenolic OH excluding ortho intramolecular Hbond substituents is 1. The Labute approximate surface area is 254 Å². The van der Waals surface area contributed by atoms with Crippen molar-refractivity contribution in [2.24, 2.45) is 0 Å². The van der Waals surface area contributed by atoms with Crippen molar-refractivity contribution in [1.82, 2.24) is 10.2 Å². The summed E-state index contributed by atoms with van der Waals surface area (Å²) in [6.07, 6.45) is -0.653. The first-order chi connectivity index (χ1) is 20.1. The Morgan fingerprint density at radius 1 is 0.884 bits per heavy atom. The molecule has 3 aromatic carbocycles. The first-order valence-corrected chi connectivity index (χ1v) is 14.2. The van der Waals surface area contributed by atoms with Gasteiger partial charge in [-0.05, 0) is 102 Å². The second-order valence-corrected chi connectivity index (χ2v) is 12.4. The molecule has 0 fully saturated rings. The number of methoxy groups -OCH3 is 1. The number of rotatable bonds is 9. The molecular weight excluding hydrogens is 546 g/mol. The highest BCUT2D eigenvalue weighted by Crippen LogP contribution is 2.33. The third-order valence-electron chi connectivity index (χ3n) is 6.67. The lowest BCUT2D eigenvalue weighted by molar-refractivity contribution is -0.146. The lowest BCUT2D eigenvalue weighted by atomic mass is 9.92. The number of carbonyl (C=O) groups is 3. The zero-order valence-corrected chi connectivity index (χ0v) is 26.2. The van der Waals surface area contributed by atoms with Gasteiger partial charge in [0.15, 0.2) is 0 Å². The number of nitrogens with zero attached hydrogens (tertiary/aromatic N) is 1. The molecule has 9 nitrogen and oxygen atoms in total. The molecule has 0 heterocycles. The van der Waals surface area contributed by atoms with Crippen LogP contribution in [-0.2, 0) is 20.7 Å². The highest BCUT2D eigenvalue weighted by atomic mass is 16.6. The number of hydrogen-bond acceptors (Lipinski definition) is 6. The van der Waals surface area contributed by atoms with Gasteiger partial charge in [0.25, 0.3) is 5.91 Å². The zero-order valence-electron chi connectivity index (χ0n) is 26.2. The van der Waals surface area contributed by atoms with Crippen LogP contribution < -0.4 is 15.4 Å². The van der Waals surface area contributed by atoms with E-state index in [0.717, 1.165) is 5.56 Å². The Kier molecular flexibility index (Phi) is 10.5. The smallest absolute Gasteiger partial charge is 0.408 e. The Bertz CT molecular complexity index is 1410. The number of ether oxygens (including phenoxy) is 2. The summed E-state index contributed by atoms with van der Waals surface area (Å²) in [6.45, 7) is 12.7. The number of alkyl carbamates (subject to hydrolysis) is 1. The predicted molar refractivity (Wildman–Crippen MR) is 167 cm³/mol. The number of benzene rings is 3. The van der Waals surface area contributed by atoms with E-state index in [-0.39, 0.29) is 12.2 Å². The Hall–Kier alpha value is -4.53. The molecule has 2 unspecified atom stereocenters. The second kappa shape index (κ2) is 13.6. The maximum atomic E-state index is 14.6. The number of amides is 3. The summed E-state index contributed by atoms with van der Waals surface area (Å²) in [5, 5.41) is 15.5. The summed E-state index contributed by atoms with van der Waals surface area (Å²) in [6, 6.07) is 18.6. The van der Waals surface area contributed by atoms with Crippen molar-refractivity contribution in [3.05, 3.63) is 89.5 Å². The van der Waals surface area contributed by atoms with Crippen molar-refractivity contribution in [3.63, 3.8) is 0 Å². The summed E-state index contributed by atoms with van der Waals surface area (Å²) in [4.78, 5) is 43.3. The fourth-order valence-corrected chi connectivity index (χ4v) is 4.71. The monoisotopic (exact) mass is 589 g/mol. The summed E-state index contributed by atoms with van der Waals surface area (Å²) in [5.74, 6) is -0.156. The van der Waals surface area contributed by atoms with Crippen LogP contribution in [0, 0.1) is 6.92 Å². The summed E-state index contributed by atoms with van der Waals surface area (Å²) in [5.41, 5.74) is 1.08. The van der Waals surface area contributed by atoms with Crippen molar-refractivity contribution in [1.29, 1.82) is 0 Å². The van der Waals surface area contributed by atoms with E-state index in [1.165, 1.54) is 17.0 Å². The maximum absolute atomic E-state index is 14.6. The molecule has 230 valence electrons. The van der Waals surface area contributed by atoms with Crippen LogP contribution in [0.25, 0.3) is 0 Å². The molecule has 0 spiro atoms. The Balaban J connectivity index is 2.10. The average Bonchev–Trinajstić information content (AvgIpc) is 2.91. The van der Waals surface area contributed by atoms with E-state index < -0.39 is 41.1 Å². The molecule has 0 saturated heterocycles. The molecule has 0 aromatic heterocycles. The molecule has 2 atom stereocenters. The van der Waals surface area contributed by atoms with E-state index in [9.17, 15) is 19.5 Å². The fourth-order valence-electron chi connectivity index (χ4n) is 4.71. The van der Waals surface area contributed by atoms with Crippen molar-refractivity contribution < 1.29 is 29.0 Å². The molecule has 43 heavy (non-hydrogen) atoms. The van der Waals surface area contributed by atoms with Crippen LogP contribution in [0.2, 0.25) is 0 Å². The van der Waals surface area contributed by atoms with Gasteiger partial charge in [-0.3, -0.25) is 9.59 Å². The normalized spacial score (nSPS) is 12.9. The quantitative estimate of drug-likeness (QED) is 0.276. The molecule has 3 amide bonds. The Morgan fingerprint density at radius 2 is 1.49 bits per heavy atom. The molecule has 0 aliphatic heterocycles. The van der Waals surface area contributed by atoms with Crippen LogP contribution in [-0.4, -0.2) is 52.2 Å². The highest BCUT2D eigenvalue weighted by Gasteiger charge is 2.42. The molecule has 0 aliphatic rings. The minimum absolute atomic E-state index is 0.0814. The molecule has 3 N–H and O–H groups in total. The van der Waals surface area contributed by atoms with Crippen LogP contribution in [0.5, 0.6) is 11.5 Å². The molecule has 0 aliphatic carbocycles. The topological polar surface area (TPSA) is 117 Å². The second-order valence-electron chi connectivity index (χ2n) is 12.4. The number of carbonyl (C=O) groups excluding carboxylic acids is 3. The lowest BCUT2D eigenvalue weighted by Crippen LogP contribution is -2.58. The van der Waals surface area contributed by atoms with E-state index in [1.54, 1.807) is 64.3 Å². The van der Waals surface area contributed by atoms with Gasteiger partial charge in [-0.1, -0.05) is 36.4 Å². The van der Waals surface area contributed by atoms with Gasteiger partial charge in [-0.15, -0.1) is 0 Å².